The van der Waals surface area contributed by atoms with Crippen molar-refractivity contribution in [1.82, 2.24) is 20.9 Å². The highest BCUT2D eigenvalue weighted by molar-refractivity contribution is 6.07. The lowest BCUT2D eigenvalue weighted by atomic mass is 9.89. The van der Waals surface area contributed by atoms with Crippen LogP contribution in [-0.4, -0.2) is 54.5 Å². The molecular formula is C12H20N4O3. The third-order valence-electron chi connectivity index (χ3n) is 3.63. The minimum atomic E-state index is -0.914. The van der Waals surface area contributed by atoms with Crippen LogP contribution in [0.25, 0.3) is 0 Å². The van der Waals surface area contributed by atoms with Gasteiger partial charge >= 0.3 is 6.03 Å². The van der Waals surface area contributed by atoms with Crippen LogP contribution in [0.5, 0.6) is 0 Å². The van der Waals surface area contributed by atoms with Gasteiger partial charge in [-0.3, -0.25) is 14.9 Å². The van der Waals surface area contributed by atoms with Gasteiger partial charge in [0.25, 0.3) is 5.91 Å². The summed E-state index contributed by atoms with van der Waals surface area (Å²) in [4.78, 5) is 36.8. The topological polar surface area (TPSA) is 90.5 Å². The molecule has 0 bridgehead atoms. The minimum absolute atomic E-state index is 0.0222. The van der Waals surface area contributed by atoms with Crippen LogP contribution in [0.4, 0.5) is 4.79 Å². The van der Waals surface area contributed by atoms with Gasteiger partial charge in [-0.05, 0) is 19.4 Å². The van der Waals surface area contributed by atoms with Gasteiger partial charge in [0.1, 0.15) is 5.54 Å². The van der Waals surface area contributed by atoms with Crippen molar-refractivity contribution >= 4 is 17.8 Å². The molecule has 0 aromatic carbocycles. The molecule has 2 saturated heterocycles. The molecule has 0 radical (unpaired) electrons. The molecule has 0 aromatic rings. The fourth-order valence-electron chi connectivity index (χ4n) is 2.61. The predicted octanol–water partition coefficient (Wildman–Crippen LogP) is -0.813. The maximum absolute atomic E-state index is 12.0. The highest BCUT2D eigenvalue weighted by atomic mass is 16.2. The van der Waals surface area contributed by atoms with Crippen molar-refractivity contribution < 1.29 is 14.4 Å². The van der Waals surface area contributed by atoms with Crippen LogP contribution in [-0.2, 0) is 9.59 Å². The summed E-state index contributed by atoms with van der Waals surface area (Å²) < 4.78 is 0. The van der Waals surface area contributed by atoms with Gasteiger partial charge in [0, 0.05) is 19.5 Å². The van der Waals surface area contributed by atoms with E-state index in [4.69, 9.17) is 0 Å². The van der Waals surface area contributed by atoms with E-state index >= 15 is 0 Å². The average Bonchev–Trinajstić information content (AvgIpc) is 2.64. The Bertz CT molecular complexity index is 398. The molecule has 4 amide bonds. The SMILES string of the molecule is CCNCCC(=O)N1CCCC2(C1)NC(=O)NC2=O. The second-order valence-corrected chi connectivity index (χ2v) is 5.01. The molecule has 1 atom stereocenters. The van der Waals surface area contributed by atoms with E-state index in [-0.39, 0.29) is 18.4 Å². The first-order valence-corrected chi connectivity index (χ1v) is 6.69. The number of hydrogen-bond donors (Lipinski definition) is 3. The van der Waals surface area contributed by atoms with Crippen molar-refractivity contribution in [3.05, 3.63) is 0 Å². The lowest BCUT2D eigenvalue weighted by Gasteiger charge is -2.38. The molecule has 19 heavy (non-hydrogen) atoms. The lowest BCUT2D eigenvalue weighted by Crippen LogP contribution is -2.59. The van der Waals surface area contributed by atoms with E-state index < -0.39 is 11.6 Å². The molecule has 1 unspecified atom stereocenters. The summed E-state index contributed by atoms with van der Waals surface area (Å²) in [5, 5.41) is 8.01. The number of piperidine rings is 1. The van der Waals surface area contributed by atoms with Gasteiger partial charge in [0.05, 0.1) is 6.54 Å². The number of rotatable bonds is 4. The van der Waals surface area contributed by atoms with Gasteiger partial charge in [-0.1, -0.05) is 6.92 Å². The second-order valence-electron chi connectivity index (χ2n) is 5.01. The summed E-state index contributed by atoms with van der Waals surface area (Å²) >= 11 is 0. The van der Waals surface area contributed by atoms with Crippen LogP contribution in [0.3, 0.4) is 0 Å². The molecule has 2 heterocycles. The summed E-state index contributed by atoms with van der Waals surface area (Å²) in [6.07, 6.45) is 1.72. The number of nitrogens with zero attached hydrogens (tertiary/aromatic N) is 1. The summed E-state index contributed by atoms with van der Waals surface area (Å²) in [5.41, 5.74) is -0.914. The van der Waals surface area contributed by atoms with Crippen molar-refractivity contribution in [1.29, 1.82) is 0 Å². The zero-order chi connectivity index (χ0) is 13.9. The minimum Gasteiger partial charge on any atom is -0.340 e. The van der Waals surface area contributed by atoms with E-state index in [9.17, 15) is 14.4 Å². The molecule has 2 aliphatic heterocycles. The molecule has 2 fully saturated rings. The van der Waals surface area contributed by atoms with Crippen LogP contribution >= 0.6 is 0 Å². The Morgan fingerprint density at radius 2 is 2.26 bits per heavy atom. The number of hydrogen-bond acceptors (Lipinski definition) is 4. The summed E-state index contributed by atoms with van der Waals surface area (Å²) in [6, 6.07) is -0.466. The molecule has 1 spiro atoms. The number of urea groups is 1. The number of carbonyl (C=O) groups excluding carboxylic acids is 3. The number of nitrogens with one attached hydrogen (secondary N) is 3. The van der Waals surface area contributed by atoms with Crippen molar-refractivity contribution in [2.24, 2.45) is 0 Å². The maximum atomic E-state index is 12.0. The molecule has 2 aliphatic rings. The Kier molecular flexibility index (Phi) is 4.04. The largest absolute Gasteiger partial charge is 0.340 e. The van der Waals surface area contributed by atoms with Crippen molar-refractivity contribution in [2.45, 2.75) is 31.7 Å². The van der Waals surface area contributed by atoms with Crippen LogP contribution in [0, 0.1) is 0 Å². The van der Waals surface area contributed by atoms with Gasteiger partial charge in [-0.15, -0.1) is 0 Å². The first kappa shape index (κ1) is 13.8. The zero-order valence-corrected chi connectivity index (χ0v) is 11.1. The molecule has 0 aromatic heterocycles. The summed E-state index contributed by atoms with van der Waals surface area (Å²) in [5.74, 6) is -0.296. The standard InChI is InChI=1S/C12H20N4O3/c1-2-13-6-4-9(17)16-7-3-5-12(8-16)10(18)14-11(19)15-12/h13H,2-8H2,1H3,(H2,14,15,18,19). The van der Waals surface area contributed by atoms with Crippen molar-refractivity contribution in [2.75, 3.05) is 26.2 Å². The Morgan fingerprint density at radius 1 is 1.47 bits per heavy atom. The Labute approximate surface area is 112 Å². The third kappa shape index (κ3) is 2.86. The lowest BCUT2D eigenvalue weighted by molar-refractivity contribution is -0.136. The van der Waals surface area contributed by atoms with Crippen molar-refractivity contribution in [3.63, 3.8) is 0 Å². The van der Waals surface area contributed by atoms with Gasteiger partial charge in [-0.25, -0.2) is 4.79 Å². The number of likely N-dealkylation sites (tertiary alicyclic amines) is 1. The Hall–Kier alpha value is -1.63. The first-order valence-electron chi connectivity index (χ1n) is 6.69. The van der Waals surface area contributed by atoms with E-state index in [1.54, 1.807) is 4.90 Å². The number of amides is 4. The van der Waals surface area contributed by atoms with E-state index in [0.717, 1.165) is 13.0 Å². The second kappa shape index (κ2) is 5.56. The predicted molar refractivity (Wildman–Crippen MR) is 68.4 cm³/mol. The van der Waals surface area contributed by atoms with Crippen LogP contribution < -0.4 is 16.0 Å². The zero-order valence-electron chi connectivity index (χ0n) is 11.1. The monoisotopic (exact) mass is 268 g/mol. The highest BCUT2D eigenvalue weighted by Crippen LogP contribution is 2.24. The molecule has 0 aliphatic carbocycles. The first-order chi connectivity index (χ1) is 9.07. The van der Waals surface area contributed by atoms with Gasteiger partial charge in [0.15, 0.2) is 0 Å². The molecular weight excluding hydrogens is 248 g/mol. The van der Waals surface area contributed by atoms with Crippen LogP contribution in [0.2, 0.25) is 0 Å². The molecule has 7 heteroatoms. The van der Waals surface area contributed by atoms with Gasteiger partial charge < -0.3 is 15.5 Å². The number of imide groups is 1. The Balaban J connectivity index is 1.95. The van der Waals surface area contributed by atoms with Crippen LogP contribution in [0.1, 0.15) is 26.2 Å². The molecule has 2 rings (SSSR count). The highest BCUT2D eigenvalue weighted by Gasteiger charge is 2.49. The molecule has 3 N–H and O–H groups in total. The fraction of sp³-hybridized carbons (Fsp3) is 0.750. The fourth-order valence-corrected chi connectivity index (χ4v) is 2.61. The average molecular weight is 268 g/mol. The summed E-state index contributed by atoms with van der Waals surface area (Å²) in [7, 11) is 0. The van der Waals surface area contributed by atoms with E-state index in [1.807, 2.05) is 6.92 Å². The third-order valence-corrected chi connectivity index (χ3v) is 3.63. The van der Waals surface area contributed by atoms with Crippen molar-refractivity contribution in [3.8, 4) is 0 Å². The van der Waals surface area contributed by atoms with Gasteiger partial charge in [-0.2, -0.15) is 0 Å². The Morgan fingerprint density at radius 3 is 2.89 bits per heavy atom. The van der Waals surface area contributed by atoms with E-state index in [1.165, 1.54) is 0 Å². The molecule has 106 valence electrons. The summed E-state index contributed by atoms with van der Waals surface area (Å²) in [6.45, 7) is 4.37. The van der Waals surface area contributed by atoms with Crippen LogP contribution in [0.15, 0.2) is 0 Å². The van der Waals surface area contributed by atoms with Gasteiger partial charge in [0.2, 0.25) is 5.91 Å². The molecule has 7 nitrogen and oxygen atoms in total. The normalized spacial score (nSPS) is 26.5. The maximum Gasteiger partial charge on any atom is 0.322 e. The molecule has 0 saturated carbocycles. The van der Waals surface area contributed by atoms with E-state index in [2.05, 4.69) is 16.0 Å². The smallest absolute Gasteiger partial charge is 0.322 e. The number of carbonyl (C=O) groups is 3. The van der Waals surface area contributed by atoms with E-state index in [0.29, 0.717) is 25.9 Å². The quantitative estimate of drug-likeness (QED) is 0.459.